The Hall–Kier alpha value is -3.62. The van der Waals surface area contributed by atoms with Crippen molar-refractivity contribution in [1.82, 2.24) is 24.5 Å². The van der Waals surface area contributed by atoms with Crippen LogP contribution in [0.15, 0.2) is 54.7 Å². The van der Waals surface area contributed by atoms with Crippen LogP contribution in [0, 0.1) is 18.7 Å². The van der Waals surface area contributed by atoms with Gasteiger partial charge in [0.05, 0.1) is 39.6 Å². The highest BCUT2D eigenvalue weighted by molar-refractivity contribution is 6.07. The first kappa shape index (κ1) is 24.7. The van der Waals surface area contributed by atoms with Crippen molar-refractivity contribution in [2.45, 2.75) is 45.3 Å². The average Bonchev–Trinajstić information content (AvgIpc) is 3.41. The Morgan fingerprint density at radius 1 is 1.08 bits per heavy atom. The molecule has 5 aromatic rings. The van der Waals surface area contributed by atoms with E-state index in [4.69, 9.17) is 9.72 Å². The number of nitrogens with zero attached hydrogens (tertiary/aromatic N) is 5. The van der Waals surface area contributed by atoms with Gasteiger partial charge < -0.3 is 14.4 Å². The summed E-state index contributed by atoms with van der Waals surface area (Å²) in [6.07, 6.45) is 3.50. The fourth-order valence-corrected chi connectivity index (χ4v) is 5.92. The molecule has 1 saturated heterocycles. The molecule has 0 radical (unpaired) electrons. The number of aromatic nitrogens is 5. The van der Waals surface area contributed by atoms with Gasteiger partial charge in [-0.15, -0.1) is 5.10 Å². The Kier molecular flexibility index (Phi) is 6.04. The normalized spacial score (nSPS) is 15.9. The molecule has 38 heavy (non-hydrogen) atoms. The second kappa shape index (κ2) is 9.29. The minimum absolute atomic E-state index is 0.161. The average molecular weight is 514 g/mol. The summed E-state index contributed by atoms with van der Waals surface area (Å²) in [5.41, 5.74) is 5.68. The van der Waals surface area contributed by atoms with Gasteiger partial charge in [-0.2, -0.15) is 0 Å². The molecule has 6 rings (SSSR count). The molecular formula is C30H32FN5O2. The van der Waals surface area contributed by atoms with Gasteiger partial charge in [-0.25, -0.2) is 9.07 Å². The first-order chi connectivity index (χ1) is 18.2. The van der Waals surface area contributed by atoms with Crippen LogP contribution in [-0.2, 0) is 17.4 Å². The summed E-state index contributed by atoms with van der Waals surface area (Å²) in [5, 5.41) is 20.3. The molecule has 1 aliphatic rings. The number of ether oxygens (including phenoxy) is 1. The summed E-state index contributed by atoms with van der Waals surface area (Å²) in [6, 6.07) is 14.9. The minimum atomic E-state index is -1.03. The Morgan fingerprint density at radius 2 is 1.84 bits per heavy atom. The molecule has 0 amide bonds. The lowest BCUT2D eigenvalue weighted by molar-refractivity contribution is 0.0548. The lowest BCUT2D eigenvalue weighted by Gasteiger charge is -2.33. The van der Waals surface area contributed by atoms with Crippen molar-refractivity contribution >= 4 is 21.9 Å². The van der Waals surface area contributed by atoms with E-state index in [0.29, 0.717) is 18.8 Å². The van der Waals surface area contributed by atoms with Crippen LogP contribution in [0.25, 0.3) is 33.2 Å². The molecule has 1 aliphatic heterocycles. The molecule has 7 nitrogen and oxygen atoms in total. The molecule has 2 aromatic carbocycles. The zero-order chi connectivity index (χ0) is 26.6. The van der Waals surface area contributed by atoms with E-state index >= 15 is 4.39 Å². The van der Waals surface area contributed by atoms with E-state index in [1.165, 1.54) is 6.07 Å². The first-order valence-corrected chi connectivity index (χ1v) is 13.1. The van der Waals surface area contributed by atoms with E-state index in [-0.39, 0.29) is 17.8 Å². The van der Waals surface area contributed by atoms with Crippen LogP contribution in [0.5, 0.6) is 0 Å². The lowest BCUT2D eigenvalue weighted by Crippen LogP contribution is -2.27. The van der Waals surface area contributed by atoms with Gasteiger partial charge >= 0.3 is 0 Å². The van der Waals surface area contributed by atoms with Crippen LogP contribution in [0.4, 0.5) is 4.39 Å². The van der Waals surface area contributed by atoms with E-state index in [1.54, 1.807) is 24.6 Å². The number of hydrogen-bond donors (Lipinski definition) is 1. The summed E-state index contributed by atoms with van der Waals surface area (Å²) in [7, 11) is 1.87. The molecule has 3 aromatic heterocycles. The van der Waals surface area contributed by atoms with E-state index < -0.39 is 5.60 Å². The predicted octanol–water partition coefficient (Wildman–Crippen LogP) is 5.68. The number of hydrogen-bond acceptors (Lipinski definition) is 5. The number of rotatable bonds is 5. The van der Waals surface area contributed by atoms with Gasteiger partial charge in [-0.3, -0.25) is 4.98 Å². The van der Waals surface area contributed by atoms with E-state index in [0.717, 1.165) is 57.3 Å². The quantitative estimate of drug-likeness (QED) is 0.327. The standard InChI is InChI=1S/C30H32FN5O2/c1-18-28(35(4)34-33-18)20-15-26-27(32-17-20)23-10-9-21(30(2,3)37)16-25(23)36(26)29(19-11-13-38-14-12-19)22-7-5-6-8-24(22)31/h5-10,15-17,19,29,37H,11-14H2,1-4H3/t29-/m1/s1. The number of halogens is 1. The highest BCUT2D eigenvalue weighted by atomic mass is 19.1. The number of pyridine rings is 1. The Labute approximate surface area is 220 Å². The SMILES string of the molecule is Cc1nnn(C)c1-c1cnc2c3ccc(C(C)(C)O)cc3n([C@@H](c3ccccc3F)C3CCOCC3)c2c1. The topological polar surface area (TPSA) is 78.0 Å². The van der Waals surface area contributed by atoms with Crippen LogP contribution < -0.4 is 0 Å². The van der Waals surface area contributed by atoms with E-state index in [2.05, 4.69) is 20.9 Å². The van der Waals surface area contributed by atoms with Gasteiger partial charge in [0.1, 0.15) is 5.82 Å². The Morgan fingerprint density at radius 3 is 2.53 bits per heavy atom. The molecule has 0 saturated carbocycles. The maximum absolute atomic E-state index is 15.5. The van der Waals surface area contributed by atoms with Gasteiger partial charge in [0, 0.05) is 43.0 Å². The van der Waals surface area contributed by atoms with Crippen molar-refractivity contribution in [2.24, 2.45) is 13.0 Å². The van der Waals surface area contributed by atoms with Crippen molar-refractivity contribution in [3.05, 3.63) is 77.4 Å². The molecule has 0 spiro atoms. The van der Waals surface area contributed by atoms with Gasteiger partial charge in [0.25, 0.3) is 0 Å². The lowest BCUT2D eigenvalue weighted by atomic mass is 9.86. The van der Waals surface area contributed by atoms with E-state index in [9.17, 15) is 5.11 Å². The third-order valence-electron chi connectivity index (χ3n) is 7.83. The smallest absolute Gasteiger partial charge is 0.128 e. The van der Waals surface area contributed by atoms with Crippen LogP contribution in [0.2, 0.25) is 0 Å². The summed E-state index contributed by atoms with van der Waals surface area (Å²) >= 11 is 0. The number of aryl methyl sites for hydroxylation is 2. The molecular weight excluding hydrogens is 481 g/mol. The summed E-state index contributed by atoms with van der Waals surface area (Å²) < 4.78 is 25.2. The van der Waals surface area contributed by atoms with Gasteiger partial charge in [0.2, 0.25) is 0 Å². The molecule has 196 valence electrons. The maximum Gasteiger partial charge on any atom is 0.128 e. The second-order valence-electron chi connectivity index (χ2n) is 10.8. The first-order valence-electron chi connectivity index (χ1n) is 13.1. The minimum Gasteiger partial charge on any atom is -0.386 e. The van der Waals surface area contributed by atoms with Crippen LogP contribution in [0.1, 0.15) is 49.6 Å². The maximum atomic E-state index is 15.5. The van der Waals surface area contributed by atoms with Gasteiger partial charge in [-0.05, 0) is 63.3 Å². The highest BCUT2D eigenvalue weighted by Gasteiger charge is 2.32. The Bertz CT molecular complexity index is 1620. The molecule has 1 atom stereocenters. The molecule has 1 fully saturated rings. The highest BCUT2D eigenvalue weighted by Crippen LogP contribution is 2.42. The van der Waals surface area contributed by atoms with Crippen molar-refractivity contribution < 1.29 is 14.2 Å². The summed E-state index contributed by atoms with van der Waals surface area (Å²) in [6.45, 7) is 6.78. The van der Waals surface area contributed by atoms with Crippen molar-refractivity contribution in [1.29, 1.82) is 0 Å². The zero-order valence-electron chi connectivity index (χ0n) is 22.1. The number of aliphatic hydroxyl groups is 1. The Balaban J connectivity index is 1.71. The van der Waals surface area contributed by atoms with Crippen molar-refractivity contribution in [2.75, 3.05) is 13.2 Å². The molecule has 4 heterocycles. The fourth-order valence-electron chi connectivity index (χ4n) is 5.92. The molecule has 8 heteroatoms. The number of benzene rings is 2. The molecule has 0 aliphatic carbocycles. The van der Waals surface area contributed by atoms with Crippen molar-refractivity contribution in [3.63, 3.8) is 0 Å². The molecule has 0 bridgehead atoms. The van der Waals surface area contributed by atoms with Gasteiger partial charge in [-0.1, -0.05) is 35.5 Å². The summed E-state index contributed by atoms with van der Waals surface area (Å²) in [4.78, 5) is 4.93. The second-order valence-corrected chi connectivity index (χ2v) is 10.8. The van der Waals surface area contributed by atoms with Crippen molar-refractivity contribution in [3.8, 4) is 11.3 Å². The van der Waals surface area contributed by atoms with Crippen LogP contribution in [0.3, 0.4) is 0 Å². The van der Waals surface area contributed by atoms with E-state index in [1.807, 2.05) is 50.5 Å². The predicted molar refractivity (Wildman–Crippen MR) is 145 cm³/mol. The monoisotopic (exact) mass is 513 g/mol. The third-order valence-corrected chi connectivity index (χ3v) is 7.83. The largest absolute Gasteiger partial charge is 0.386 e. The number of fused-ring (bicyclic) bond motifs is 3. The molecule has 0 unspecified atom stereocenters. The zero-order valence-corrected chi connectivity index (χ0v) is 22.1. The van der Waals surface area contributed by atoms with Crippen LogP contribution in [-0.4, -0.2) is 42.9 Å². The summed E-state index contributed by atoms with van der Waals surface area (Å²) in [5.74, 6) is -0.0672. The third kappa shape index (κ3) is 4.08. The van der Waals surface area contributed by atoms with Crippen LogP contribution >= 0.6 is 0 Å². The molecule has 1 N–H and O–H groups in total. The fraction of sp³-hybridized carbons (Fsp3) is 0.367. The van der Waals surface area contributed by atoms with Gasteiger partial charge in [0.15, 0.2) is 0 Å².